The third-order valence-electron chi connectivity index (χ3n) is 3.42. The van der Waals surface area contributed by atoms with Crippen molar-refractivity contribution in [1.82, 2.24) is 4.90 Å². The Morgan fingerprint density at radius 1 is 1.00 bits per heavy atom. The van der Waals surface area contributed by atoms with E-state index in [-0.39, 0.29) is 6.10 Å². The summed E-state index contributed by atoms with van der Waals surface area (Å²) in [6.45, 7) is 3.83. The molecule has 2 atom stereocenters. The van der Waals surface area contributed by atoms with E-state index in [1.165, 1.54) is 19.3 Å². The molecule has 2 fully saturated rings. The molecule has 1 aliphatic heterocycles. The Kier molecular flexibility index (Phi) is 3.79. The quantitative estimate of drug-likeness (QED) is 0.684. The summed E-state index contributed by atoms with van der Waals surface area (Å²) >= 11 is 0. The van der Waals surface area contributed by atoms with Gasteiger partial charge in [0.1, 0.15) is 0 Å². The van der Waals surface area contributed by atoms with Gasteiger partial charge >= 0.3 is 0 Å². The first-order valence-electron chi connectivity index (χ1n) is 5.88. The lowest BCUT2D eigenvalue weighted by atomic mass is 9.91. The van der Waals surface area contributed by atoms with E-state index in [4.69, 9.17) is 4.74 Å². The number of nitrogens with zero attached hydrogens (tertiary/aromatic N) is 1. The summed E-state index contributed by atoms with van der Waals surface area (Å²) in [4.78, 5) is 2.43. The van der Waals surface area contributed by atoms with Crippen LogP contribution in [-0.2, 0) is 4.74 Å². The maximum Gasteiger partial charge on any atom is 0.0695 e. The molecule has 0 aromatic rings. The highest BCUT2D eigenvalue weighted by molar-refractivity contribution is 4.83. The Hall–Kier alpha value is -0.120. The van der Waals surface area contributed by atoms with Crippen LogP contribution in [0.2, 0.25) is 0 Å². The molecule has 3 nitrogen and oxygen atoms in total. The minimum Gasteiger partial charge on any atom is -0.391 e. The summed E-state index contributed by atoms with van der Waals surface area (Å²) in [7, 11) is 0. The van der Waals surface area contributed by atoms with E-state index in [9.17, 15) is 5.11 Å². The van der Waals surface area contributed by atoms with Crippen LogP contribution in [0.25, 0.3) is 0 Å². The van der Waals surface area contributed by atoms with Crippen molar-refractivity contribution in [2.45, 2.75) is 44.2 Å². The second-order valence-corrected chi connectivity index (χ2v) is 4.42. The first-order chi connectivity index (χ1) is 6.88. The molecule has 1 aliphatic carbocycles. The summed E-state index contributed by atoms with van der Waals surface area (Å²) < 4.78 is 5.43. The average molecular weight is 199 g/mol. The number of aliphatic hydroxyl groups excluding tert-OH is 1. The minimum atomic E-state index is -0.0955. The Labute approximate surface area is 86.0 Å². The van der Waals surface area contributed by atoms with Gasteiger partial charge in [-0.05, 0) is 19.3 Å². The summed E-state index contributed by atoms with van der Waals surface area (Å²) in [5.74, 6) is 0. The number of aliphatic hydroxyl groups is 1. The summed E-state index contributed by atoms with van der Waals surface area (Å²) in [5.41, 5.74) is 0. The fourth-order valence-corrected chi connectivity index (χ4v) is 2.61. The topological polar surface area (TPSA) is 32.7 Å². The van der Waals surface area contributed by atoms with Gasteiger partial charge in [-0.3, -0.25) is 4.90 Å². The van der Waals surface area contributed by atoms with Gasteiger partial charge < -0.3 is 9.84 Å². The fourth-order valence-electron chi connectivity index (χ4n) is 2.61. The fraction of sp³-hybridized carbons (Fsp3) is 1.00. The van der Waals surface area contributed by atoms with E-state index >= 15 is 0 Å². The molecule has 0 radical (unpaired) electrons. The van der Waals surface area contributed by atoms with Crippen LogP contribution in [0.15, 0.2) is 0 Å². The number of ether oxygens (including phenoxy) is 1. The van der Waals surface area contributed by atoms with E-state index in [0.717, 1.165) is 39.1 Å². The maximum atomic E-state index is 9.93. The summed E-state index contributed by atoms with van der Waals surface area (Å²) in [6.07, 6.45) is 5.65. The summed E-state index contributed by atoms with van der Waals surface area (Å²) in [6, 6.07) is 0.408. The van der Waals surface area contributed by atoms with Crippen molar-refractivity contribution in [1.29, 1.82) is 0 Å². The zero-order valence-corrected chi connectivity index (χ0v) is 8.82. The average Bonchev–Trinajstić information content (AvgIpc) is 2.47. The highest BCUT2D eigenvalue weighted by Crippen LogP contribution is 2.23. The first-order valence-corrected chi connectivity index (χ1v) is 5.88. The monoisotopic (exact) mass is 199 g/mol. The van der Waals surface area contributed by atoms with Crippen LogP contribution in [0.1, 0.15) is 32.1 Å². The van der Waals surface area contributed by atoms with Crippen LogP contribution < -0.4 is 0 Å². The summed E-state index contributed by atoms with van der Waals surface area (Å²) in [5, 5.41) is 9.93. The molecular formula is C11H21NO2. The van der Waals surface area contributed by atoms with Gasteiger partial charge in [0.15, 0.2) is 0 Å². The normalized spacial score (nSPS) is 36.6. The van der Waals surface area contributed by atoms with Crippen LogP contribution in [0.4, 0.5) is 0 Å². The standard InChI is InChI=1S/C11H21NO2/c13-11-5-2-1-4-10(11)12-6-3-8-14-9-7-12/h10-11,13H,1-9H2/t10-,11-/m1/s1. The Morgan fingerprint density at radius 3 is 2.71 bits per heavy atom. The number of hydrogen-bond acceptors (Lipinski definition) is 3. The van der Waals surface area contributed by atoms with Crippen LogP contribution in [-0.4, -0.2) is 48.5 Å². The lowest BCUT2D eigenvalue weighted by Gasteiger charge is -2.36. The Morgan fingerprint density at radius 2 is 1.86 bits per heavy atom. The van der Waals surface area contributed by atoms with Gasteiger partial charge in [0.2, 0.25) is 0 Å². The molecule has 82 valence electrons. The molecular weight excluding hydrogens is 178 g/mol. The van der Waals surface area contributed by atoms with Crippen molar-refractivity contribution < 1.29 is 9.84 Å². The second kappa shape index (κ2) is 5.10. The molecule has 1 heterocycles. The van der Waals surface area contributed by atoms with E-state index in [2.05, 4.69) is 4.90 Å². The van der Waals surface area contributed by atoms with Crippen molar-refractivity contribution in [3.63, 3.8) is 0 Å². The van der Waals surface area contributed by atoms with Crippen LogP contribution in [0.5, 0.6) is 0 Å². The molecule has 0 aromatic carbocycles. The molecule has 3 heteroatoms. The van der Waals surface area contributed by atoms with E-state index in [1.54, 1.807) is 0 Å². The van der Waals surface area contributed by atoms with Crippen molar-refractivity contribution in [2.75, 3.05) is 26.3 Å². The SMILES string of the molecule is O[C@@H]1CCCC[C@H]1N1CCCOCC1. The van der Waals surface area contributed by atoms with Gasteiger partial charge in [0.25, 0.3) is 0 Å². The van der Waals surface area contributed by atoms with Crippen molar-refractivity contribution in [3.8, 4) is 0 Å². The zero-order valence-electron chi connectivity index (χ0n) is 8.82. The Bertz CT molecular complexity index is 167. The van der Waals surface area contributed by atoms with E-state index in [0.29, 0.717) is 6.04 Å². The van der Waals surface area contributed by atoms with Crippen molar-refractivity contribution in [3.05, 3.63) is 0 Å². The molecule has 0 amide bonds. The van der Waals surface area contributed by atoms with Gasteiger partial charge in [0, 0.05) is 25.7 Å². The Balaban J connectivity index is 1.90. The van der Waals surface area contributed by atoms with Gasteiger partial charge in [0.05, 0.1) is 12.7 Å². The van der Waals surface area contributed by atoms with E-state index < -0.39 is 0 Å². The van der Waals surface area contributed by atoms with Crippen LogP contribution in [0.3, 0.4) is 0 Å². The van der Waals surface area contributed by atoms with Gasteiger partial charge in [-0.1, -0.05) is 12.8 Å². The molecule has 0 spiro atoms. The number of rotatable bonds is 1. The van der Waals surface area contributed by atoms with Gasteiger partial charge in [-0.2, -0.15) is 0 Å². The molecule has 1 saturated carbocycles. The minimum absolute atomic E-state index is 0.0955. The number of hydrogen-bond donors (Lipinski definition) is 1. The molecule has 14 heavy (non-hydrogen) atoms. The lowest BCUT2D eigenvalue weighted by molar-refractivity contribution is 0.0185. The predicted molar refractivity (Wildman–Crippen MR) is 55.3 cm³/mol. The molecule has 0 bridgehead atoms. The van der Waals surface area contributed by atoms with Crippen molar-refractivity contribution in [2.24, 2.45) is 0 Å². The van der Waals surface area contributed by atoms with Crippen LogP contribution in [0, 0.1) is 0 Å². The zero-order chi connectivity index (χ0) is 9.80. The third-order valence-corrected chi connectivity index (χ3v) is 3.42. The largest absolute Gasteiger partial charge is 0.391 e. The highest BCUT2D eigenvalue weighted by Gasteiger charge is 2.28. The highest BCUT2D eigenvalue weighted by atomic mass is 16.5. The maximum absolute atomic E-state index is 9.93. The van der Waals surface area contributed by atoms with Crippen molar-refractivity contribution >= 4 is 0 Å². The lowest BCUT2D eigenvalue weighted by Crippen LogP contribution is -2.46. The molecule has 2 rings (SSSR count). The molecule has 0 unspecified atom stereocenters. The van der Waals surface area contributed by atoms with Crippen LogP contribution >= 0.6 is 0 Å². The molecule has 2 aliphatic rings. The first kappa shape index (κ1) is 10.4. The van der Waals surface area contributed by atoms with E-state index in [1.807, 2.05) is 0 Å². The van der Waals surface area contributed by atoms with Gasteiger partial charge in [-0.25, -0.2) is 0 Å². The second-order valence-electron chi connectivity index (χ2n) is 4.42. The molecule has 1 saturated heterocycles. The third kappa shape index (κ3) is 2.47. The smallest absolute Gasteiger partial charge is 0.0695 e. The molecule has 0 aromatic heterocycles. The molecule has 1 N–H and O–H groups in total. The predicted octanol–water partition coefficient (Wildman–Crippen LogP) is 1.01. The van der Waals surface area contributed by atoms with Gasteiger partial charge in [-0.15, -0.1) is 0 Å².